The summed E-state index contributed by atoms with van der Waals surface area (Å²) in [5, 5.41) is 10.2. The first-order chi connectivity index (χ1) is 8.83. The van der Waals surface area contributed by atoms with Crippen LogP contribution in [-0.2, 0) is 12.8 Å². The molecule has 3 nitrogen and oxygen atoms in total. The third-order valence-electron chi connectivity index (χ3n) is 3.34. The lowest BCUT2D eigenvalue weighted by molar-refractivity contribution is 0.165. The number of ether oxygens (including phenoxy) is 1. The Labute approximate surface area is 106 Å². The second kappa shape index (κ2) is 4.86. The van der Waals surface area contributed by atoms with Crippen LogP contribution in [0.4, 0.5) is 0 Å². The van der Waals surface area contributed by atoms with E-state index in [4.69, 9.17) is 9.15 Å². The molecular formula is C15H16O3. The number of hydrogen-bond donors (Lipinski definition) is 1. The molecule has 2 aromatic rings. The molecule has 0 saturated heterocycles. The highest BCUT2D eigenvalue weighted by molar-refractivity contribution is 5.40. The molecule has 0 spiro atoms. The lowest BCUT2D eigenvalue weighted by atomic mass is 10.0. The number of benzene rings is 1. The predicted octanol–water partition coefficient (Wildman–Crippen LogP) is 2.88. The van der Waals surface area contributed by atoms with Crippen LogP contribution >= 0.6 is 0 Å². The van der Waals surface area contributed by atoms with Gasteiger partial charge in [0, 0.05) is 12.8 Å². The predicted molar refractivity (Wildman–Crippen MR) is 67.6 cm³/mol. The lowest BCUT2D eigenvalue weighted by Gasteiger charge is -2.11. The van der Waals surface area contributed by atoms with Crippen LogP contribution in [-0.4, -0.2) is 11.7 Å². The highest BCUT2D eigenvalue weighted by Gasteiger charge is 2.15. The van der Waals surface area contributed by atoms with Crippen LogP contribution in [0.2, 0.25) is 0 Å². The van der Waals surface area contributed by atoms with E-state index in [2.05, 4.69) is 6.07 Å². The number of aliphatic hydroxyl groups excluding tert-OH is 1. The minimum atomic E-state index is -0.444. The summed E-state index contributed by atoms with van der Waals surface area (Å²) in [5.74, 6) is 1.87. The van der Waals surface area contributed by atoms with Gasteiger partial charge in [-0.3, -0.25) is 0 Å². The number of rotatable bonds is 4. The Morgan fingerprint density at radius 1 is 1.28 bits per heavy atom. The highest BCUT2D eigenvalue weighted by Crippen LogP contribution is 2.29. The molecular weight excluding hydrogens is 228 g/mol. The van der Waals surface area contributed by atoms with E-state index in [1.54, 1.807) is 6.26 Å². The summed E-state index contributed by atoms with van der Waals surface area (Å²) in [6.45, 7) is 0.751. The monoisotopic (exact) mass is 244 g/mol. The van der Waals surface area contributed by atoms with Crippen molar-refractivity contribution in [3.8, 4) is 5.75 Å². The van der Waals surface area contributed by atoms with Gasteiger partial charge >= 0.3 is 0 Å². The number of aryl methyl sites for hydroxylation is 1. The first-order valence-corrected chi connectivity index (χ1v) is 6.29. The van der Waals surface area contributed by atoms with Crippen molar-refractivity contribution in [2.24, 2.45) is 0 Å². The topological polar surface area (TPSA) is 42.6 Å². The van der Waals surface area contributed by atoms with E-state index < -0.39 is 6.10 Å². The summed E-state index contributed by atoms with van der Waals surface area (Å²) in [5.41, 5.74) is 2.16. The molecule has 0 amide bonds. The highest BCUT2D eigenvalue weighted by atomic mass is 16.5. The van der Waals surface area contributed by atoms with Crippen molar-refractivity contribution >= 4 is 0 Å². The van der Waals surface area contributed by atoms with Gasteiger partial charge in [-0.1, -0.05) is 6.07 Å². The van der Waals surface area contributed by atoms with E-state index >= 15 is 0 Å². The smallest absolute Gasteiger partial charge is 0.122 e. The van der Waals surface area contributed by atoms with Crippen molar-refractivity contribution in [3.05, 3.63) is 53.5 Å². The van der Waals surface area contributed by atoms with E-state index in [1.807, 2.05) is 24.3 Å². The van der Waals surface area contributed by atoms with Crippen molar-refractivity contribution in [3.63, 3.8) is 0 Å². The van der Waals surface area contributed by atoms with Gasteiger partial charge in [-0.15, -0.1) is 0 Å². The maximum atomic E-state index is 10.2. The Morgan fingerprint density at radius 2 is 2.22 bits per heavy atom. The van der Waals surface area contributed by atoms with Crippen LogP contribution in [0.15, 0.2) is 41.0 Å². The van der Waals surface area contributed by atoms with Gasteiger partial charge in [0.25, 0.3) is 0 Å². The number of hydrogen-bond acceptors (Lipinski definition) is 3. The van der Waals surface area contributed by atoms with Crippen molar-refractivity contribution in [2.45, 2.75) is 25.4 Å². The normalized spacial score (nSPS) is 15.2. The third kappa shape index (κ3) is 2.27. The average molecular weight is 244 g/mol. The Morgan fingerprint density at radius 3 is 3.06 bits per heavy atom. The molecule has 2 heterocycles. The maximum Gasteiger partial charge on any atom is 0.122 e. The average Bonchev–Trinajstić information content (AvgIpc) is 3.05. The third-order valence-corrected chi connectivity index (χ3v) is 3.34. The molecule has 0 bridgehead atoms. The SMILES string of the molecule is OC(CCc1ccco1)c1ccc2c(c1)CCO2. The molecule has 3 heteroatoms. The van der Waals surface area contributed by atoms with Gasteiger partial charge < -0.3 is 14.3 Å². The molecule has 0 aliphatic carbocycles. The molecule has 1 aromatic heterocycles. The van der Waals surface area contributed by atoms with Crippen molar-refractivity contribution in [1.82, 2.24) is 0 Å². The van der Waals surface area contributed by atoms with E-state index in [9.17, 15) is 5.11 Å². The van der Waals surface area contributed by atoms with Crippen molar-refractivity contribution in [2.75, 3.05) is 6.61 Å². The Kier molecular flexibility index (Phi) is 3.07. The molecule has 1 N–H and O–H groups in total. The van der Waals surface area contributed by atoms with Crippen LogP contribution < -0.4 is 4.74 Å². The van der Waals surface area contributed by atoms with Gasteiger partial charge in [0.15, 0.2) is 0 Å². The standard InChI is InChI=1S/C15H16O3/c16-14(5-4-13-2-1-8-17-13)11-3-6-15-12(10-11)7-9-18-15/h1-3,6,8,10,14,16H,4-5,7,9H2. The molecule has 94 valence electrons. The fourth-order valence-corrected chi connectivity index (χ4v) is 2.31. The zero-order chi connectivity index (χ0) is 12.4. The summed E-state index contributed by atoms with van der Waals surface area (Å²) in [4.78, 5) is 0. The van der Waals surface area contributed by atoms with E-state index in [0.29, 0.717) is 6.42 Å². The van der Waals surface area contributed by atoms with Gasteiger partial charge in [-0.25, -0.2) is 0 Å². The van der Waals surface area contributed by atoms with E-state index in [0.717, 1.165) is 36.5 Å². The second-order valence-corrected chi connectivity index (χ2v) is 4.60. The van der Waals surface area contributed by atoms with Crippen molar-refractivity contribution in [1.29, 1.82) is 0 Å². The van der Waals surface area contributed by atoms with E-state index in [1.165, 1.54) is 5.56 Å². The maximum absolute atomic E-state index is 10.2. The molecule has 18 heavy (non-hydrogen) atoms. The molecule has 0 saturated carbocycles. The number of furan rings is 1. The van der Waals surface area contributed by atoms with Gasteiger partial charge in [0.1, 0.15) is 11.5 Å². The quantitative estimate of drug-likeness (QED) is 0.899. The van der Waals surface area contributed by atoms with Crippen molar-refractivity contribution < 1.29 is 14.3 Å². The first-order valence-electron chi connectivity index (χ1n) is 6.29. The van der Waals surface area contributed by atoms with Gasteiger partial charge in [-0.05, 0) is 41.8 Å². The first kappa shape index (κ1) is 11.4. The largest absolute Gasteiger partial charge is 0.493 e. The second-order valence-electron chi connectivity index (χ2n) is 4.60. The van der Waals surface area contributed by atoms with Gasteiger partial charge in [0.05, 0.1) is 19.0 Å². The molecule has 1 aliphatic rings. The number of fused-ring (bicyclic) bond motifs is 1. The van der Waals surface area contributed by atoms with Crippen LogP contribution in [0.3, 0.4) is 0 Å². The molecule has 1 atom stereocenters. The number of aliphatic hydroxyl groups is 1. The molecule has 1 unspecified atom stereocenters. The van der Waals surface area contributed by atoms with Gasteiger partial charge in [0.2, 0.25) is 0 Å². The summed E-state index contributed by atoms with van der Waals surface area (Å²) in [6, 6.07) is 9.75. The summed E-state index contributed by atoms with van der Waals surface area (Å²) < 4.78 is 10.7. The fraction of sp³-hybridized carbons (Fsp3) is 0.333. The minimum Gasteiger partial charge on any atom is -0.493 e. The Bertz CT molecular complexity index is 517. The Hall–Kier alpha value is -1.74. The van der Waals surface area contributed by atoms with Crippen LogP contribution in [0.1, 0.15) is 29.4 Å². The lowest BCUT2D eigenvalue weighted by Crippen LogP contribution is -1.99. The van der Waals surface area contributed by atoms with Crippen LogP contribution in [0.5, 0.6) is 5.75 Å². The molecule has 1 aliphatic heterocycles. The minimum absolute atomic E-state index is 0.444. The van der Waals surface area contributed by atoms with E-state index in [-0.39, 0.29) is 0 Å². The Balaban J connectivity index is 1.67. The fourth-order valence-electron chi connectivity index (χ4n) is 2.31. The van der Waals surface area contributed by atoms with Crippen LogP contribution in [0.25, 0.3) is 0 Å². The van der Waals surface area contributed by atoms with Crippen LogP contribution in [0, 0.1) is 0 Å². The summed E-state index contributed by atoms with van der Waals surface area (Å²) >= 11 is 0. The molecule has 1 aromatic carbocycles. The summed E-state index contributed by atoms with van der Waals surface area (Å²) in [6.07, 6.45) is 3.58. The van der Waals surface area contributed by atoms with Gasteiger partial charge in [-0.2, -0.15) is 0 Å². The molecule has 0 radical (unpaired) electrons. The summed E-state index contributed by atoms with van der Waals surface area (Å²) in [7, 11) is 0. The zero-order valence-corrected chi connectivity index (χ0v) is 10.1. The molecule has 0 fully saturated rings. The zero-order valence-electron chi connectivity index (χ0n) is 10.1. The molecule has 3 rings (SSSR count).